The third-order valence-electron chi connectivity index (χ3n) is 5.80. The minimum atomic E-state index is -0.243. The second-order valence-corrected chi connectivity index (χ2v) is 8.49. The van der Waals surface area contributed by atoms with Gasteiger partial charge in [-0.05, 0) is 67.8 Å². The Hall–Kier alpha value is -3.31. The standard InChI is InChI=1S/C26H26ClN3O2/c1-18-9-14-24(23(17-18)28-25(31)21-10-12-22(27)13-11-21)30-16-6-15-29(26(30)32)19(2)20-7-4-3-5-8-20/h3-5,7-14,17,19H,6,15-16H2,1-2H3,(H,28,31). The van der Waals surface area contributed by atoms with Crippen LogP contribution >= 0.6 is 11.6 Å². The molecule has 1 aliphatic heterocycles. The van der Waals surface area contributed by atoms with Crippen molar-refractivity contribution < 1.29 is 9.59 Å². The van der Waals surface area contributed by atoms with Crippen molar-refractivity contribution in [2.75, 3.05) is 23.3 Å². The molecule has 164 valence electrons. The number of hydrogen-bond donors (Lipinski definition) is 1. The summed E-state index contributed by atoms with van der Waals surface area (Å²) in [6, 6.07) is 22.4. The fourth-order valence-corrected chi connectivity index (χ4v) is 4.15. The van der Waals surface area contributed by atoms with Gasteiger partial charge >= 0.3 is 6.03 Å². The molecule has 0 saturated carbocycles. The molecule has 1 fully saturated rings. The van der Waals surface area contributed by atoms with Gasteiger partial charge in [0.1, 0.15) is 0 Å². The molecule has 32 heavy (non-hydrogen) atoms. The molecule has 1 atom stereocenters. The SMILES string of the molecule is Cc1ccc(N2CCCN(C(C)c3ccccc3)C2=O)c(NC(=O)c2ccc(Cl)cc2)c1. The lowest BCUT2D eigenvalue weighted by Crippen LogP contribution is -2.50. The molecule has 1 N–H and O–H groups in total. The van der Waals surface area contributed by atoms with Crippen molar-refractivity contribution >= 4 is 34.9 Å². The van der Waals surface area contributed by atoms with Gasteiger partial charge in [-0.2, -0.15) is 0 Å². The van der Waals surface area contributed by atoms with Gasteiger partial charge in [-0.25, -0.2) is 4.79 Å². The maximum Gasteiger partial charge on any atom is 0.325 e. The molecule has 5 nitrogen and oxygen atoms in total. The highest BCUT2D eigenvalue weighted by Crippen LogP contribution is 2.33. The normalized spacial score (nSPS) is 14.9. The second-order valence-electron chi connectivity index (χ2n) is 8.05. The number of anilines is 2. The average Bonchev–Trinajstić information content (AvgIpc) is 2.80. The van der Waals surface area contributed by atoms with E-state index in [9.17, 15) is 9.59 Å². The van der Waals surface area contributed by atoms with Gasteiger partial charge in [-0.1, -0.05) is 48.0 Å². The molecule has 3 aromatic carbocycles. The molecule has 0 bridgehead atoms. The summed E-state index contributed by atoms with van der Waals surface area (Å²) in [5.74, 6) is -0.243. The Balaban J connectivity index is 1.60. The topological polar surface area (TPSA) is 52.6 Å². The Morgan fingerprint density at radius 2 is 1.72 bits per heavy atom. The highest BCUT2D eigenvalue weighted by molar-refractivity contribution is 6.30. The van der Waals surface area contributed by atoms with E-state index in [2.05, 4.69) is 12.2 Å². The zero-order valence-corrected chi connectivity index (χ0v) is 19.0. The summed E-state index contributed by atoms with van der Waals surface area (Å²) in [6.45, 7) is 5.31. The predicted octanol–water partition coefficient (Wildman–Crippen LogP) is 6.29. The highest BCUT2D eigenvalue weighted by atomic mass is 35.5. The summed E-state index contributed by atoms with van der Waals surface area (Å²) in [4.78, 5) is 30.0. The van der Waals surface area contributed by atoms with Crippen LogP contribution in [0.15, 0.2) is 72.8 Å². The first-order valence-corrected chi connectivity index (χ1v) is 11.1. The maximum absolute atomic E-state index is 13.5. The van der Waals surface area contributed by atoms with Gasteiger partial charge in [0.15, 0.2) is 0 Å². The molecule has 1 aliphatic rings. The van der Waals surface area contributed by atoms with Gasteiger partial charge in [-0.3, -0.25) is 9.69 Å². The van der Waals surface area contributed by atoms with E-state index in [0.717, 1.165) is 17.5 Å². The Labute approximate surface area is 193 Å². The zero-order chi connectivity index (χ0) is 22.7. The van der Waals surface area contributed by atoms with Gasteiger partial charge < -0.3 is 10.2 Å². The van der Waals surface area contributed by atoms with Crippen molar-refractivity contribution in [3.63, 3.8) is 0 Å². The van der Waals surface area contributed by atoms with Crippen molar-refractivity contribution in [3.05, 3.63) is 94.5 Å². The number of aryl methyl sites for hydroxylation is 1. The molecule has 6 heteroatoms. The van der Waals surface area contributed by atoms with Crippen LogP contribution in [0.5, 0.6) is 0 Å². The number of halogens is 1. The second kappa shape index (κ2) is 9.45. The summed E-state index contributed by atoms with van der Waals surface area (Å²) in [5.41, 5.74) is 3.92. The van der Waals surface area contributed by atoms with Crippen molar-refractivity contribution in [1.29, 1.82) is 0 Å². The molecule has 1 unspecified atom stereocenters. The molecule has 3 aromatic rings. The number of urea groups is 1. The first-order chi connectivity index (χ1) is 15.4. The van der Waals surface area contributed by atoms with Crippen LogP contribution in [0.3, 0.4) is 0 Å². The summed E-state index contributed by atoms with van der Waals surface area (Å²) in [5, 5.41) is 3.56. The lowest BCUT2D eigenvalue weighted by atomic mass is 10.1. The number of nitrogens with zero attached hydrogens (tertiary/aromatic N) is 2. The number of nitrogens with one attached hydrogen (secondary N) is 1. The van der Waals surface area contributed by atoms with E-state index < -0.39 is 0 Å². The van der Waals surface area contributed by atoms with E-state index in [4.69, 9.17) is 11.6 Å². The van der Waals surface area contributed by atoms with E-state index in [1.54, 1.807) is 29.2 Å². The van der Waals surface area contributed by atoms with Crippen LogP contribution in [0.4, 0.5) is 16.2 Å². The predicted molar refractivity (Wildman–Crippen MR) is 130 cm³/mol. The fraction of sp³-hybridized carbons (Fsp3) is 0.231. The van der Waals surface area contributed by atoms with Crippen LogP contribution in [0.25, 0.3) is 0 Å². The third kappa shape index (κ3) is 4.63. The molecule has 1 saturated heterocycles. The van der Waals surface area contributed by atoms with E-state index in [1.165, 1.54) is 0 Å². The summed E-state index contributed by atoms with van der Waals surface area (Å²) < 4.78 is 0. The van der Waals surface area contributed by atoms with Crippen molar-refractivity contribution in [3.8, 4) is 0 Å². The van der Waals surface area contributed by atoms with Crippen molar-refractivity contribution in [2.45, 2.75) is 26.3 Å². The average molecular weight is 448 g/mol. The zero-order valence-electron chi connectivity index (χ0n) is 18.2. The molecule has 4 rings (SSSR count). The molecule has 0 aromatic heterocycles. The number of amides is 3. The molecular formula is C26H26ClN3O2. The van der Waals surface area contributed by atoms with Crippen molar-refractivity contribution in [2.24, 2.45) is 0 Å². The van der Waals surface area contributed by atoms with Gasteiger partial charge in [0, 0.05) is 23.7 Å². The first kappa shape index (κ1) is 21.9. The number of benzene rings is 3. The Bertz CT molecular complexity index is 1120. The largest absolute Gasteiger partial charge is 0.325 e. The van der Waals surface area contributed by atoms with Crippen LogP contribution in [-0.2, 0) is 0 Å². The molecular weight excluding hydrogens is 422 g/mol. The Morgan fingerprint density at radius 3 is 2.44 bits per heavy atom. The van der Waals surface area contributed by atoms with Crippen LogP contribution in [-0.4, -0.2) is 29.9 Å². The van der Waals surface area contributed by atoms with E-state index in [0.29, 0.717) is 35.1 Å². The van der Waals surface area contributed by atoms with E-state index in [1.807, 2.05) is 60.4 Å². The number of carbonyl (C=O) groups excluding carboxylic acids is 2. The Morgan fingerprint density at radius 1 is 1.00 bits per heavy atom. The molecule has 3 amide bonds. The third-order valence-corrected chi connectivity index (χ3v) is 6.06. The van der Waals surface area contributed by atoms with Crippen LogP contribution in [0, 0.1) is 6.92 Å². The maximum atomic E-state index is 13.5. The molecule has 0 aliphatic carbocycles. The minimum Gasteiger partial charge on any atom is -0.320 e. The smallest absolute Gasteiger partial charge is 0.320 e. The first-order valence-electron chi connectivity index (χ1n) is 10.7. The van der Waals surface area contributed by atoms with Crippen LogP contribution in [0.2, 0.25) is 5.02 Å². The highest BCUT2D eigenvalue weighted by Gasteiger charge is 2.32. The monoisotopic (exact) mass is 447 g/mol. The van der Waals surface area contributed by atoms with Gasteiger partial charge in [0.2, 0.25) is 0 Å². The summed E-state index contributed by atoms with van der Waals surface area (Å²) in [7, 11) is 0. The van der Waals surface area contributed by atoms with Gasteiger partial charge in [0.05, 0.1) is 17.4 Å². The van der Waals surface area contributed by atoms with E-state index in [-0.39, 0.29) is 18.0 Å². The number of rotatable bonds is 5. The number of hydrogen-bond acceptors (Lipinski definition) is 2. The lowest BCUT2D eigenvalue weighted by molar-refractivity contribution is 0.102. The summed E-state index contributed by atoms with van der Waals surface area (Å²) >= 11 is 5.94. The molecule has 0 radical (unpaired) electrons. The quantitative estimate of drug-likeness (QED) is 0.499. The molecule has 1 heterocycles. The number of carbonyl (C=O) groups is 2. The van der Waals surface area contributed by atoms with Gasteiger partial charge in [0.25, 0.3) is 5.91 Å². The Kier molecular flexibility index (Phi) is 6.47. The lowest BCUT2D eigenvalue weighted by Gasteiger charge is -2.39. The van der Waals surface area contributed by atoms with E-state index >= 15 is 0 Å². The van der Waals surface area contributed by atoms with Crippen molar-refractivity contribution in [1.82, 2.24) is 4.90 Å². The van der Waals surface area contributed by atoms with Crippen LogP contribution < -0.4 is 10.2 Å². The summed E-state index contributed by atoms with van der Waals surface area (Å²) in [6.07, 6.45) is 0.849. The van der Waals surface area contributed by atoms with Crippen LogP contribution in [0.1, 0.15) is 40.9 Å². The van der Waals surface area contributed by atoms with Gasteiger partial charge in [-0.15, -0.1) is 0 Å². The molecule has 0 spiro atoms. The fourth-order valence-electron chi connectivity index (χ4n) is 4.02. The minimum absolute atomic E-state index is 0.0379.